The summed E-state index contributed by atoms with van der Waals surface area (Å²) in [5, 5.41) is 0. The Morgan fingerprint density at radius 3 is 2.59 bits per heavy atom. The number of hydrogen-bond acceptors (Lipinski definition) is 2. The lowest BCUT2D eigenvalue weighted by atomic mass is 9.88. The average molecular weight is 252 g/mol. The molecule has 0 unspecified atom stereocenters. The number of thiol groups is 1. The quantitative estimate of drug-likeness (QED) is 0.819. The molecule has 0 radical (unpaired) electrons. The second-order valence-electron chi connectivity index (χ2n) is 5.71. The van der Waals surface area contributed by atoms with Gasteiger partial charge in [-0.05, 0) is 36.9 Å². The zero-order chi connectivity index (χ0) is 11.9. The molecule has 2 aliphatic carbocycles. The predicted octanol–water partition coefficient (Wildman–Crippen LogP) is 2.47. The minimum Gasteiger partial charge on any atom is -0.299 e. The van der Waals surface area contributed by atoms with Crippen LogP contribution in [0.25, 0.3) is 0 Å². The maximum absolute atomic E-state index is 12.2. The first-order chi connectivity index (χ1) is 8.24. The van der Waals surface area contributed by atoms with Crippen molar-refractivity contribution >= 4 is 12.6 Å². The first-order valence-electron chi connectivity index (χ1n) is 6.62. The van der Waals surface area contributed by atoms with Crippen molar-refractivity contribution in [2.45, 2.75) is 51.1 Å². The fraction of sp³-hybridized carbons (Fsp3) is 0.769. The van der Waals surface area contributed by atoms with E-state index in [9.17, 15) is 4.79 Å². The number of aromatic nitrogens is 2. The van der Waals surface area contributed by atoms with Crippen LogP contribution in [0.3, 0.4) is 0 Å². The standard InChI is InChI=1S/C13H20N2OS/c16-12-14(7-8-15(12)11-3-4-11)9-13(10-17)5-1-2-6-13/h7-8,11,17H,1-6,9-10H2. The first-order valence-corrected chi connectivity index (χ1v) is 7.25. The van der Waals surface area contributed by atoms with E-state index in [1.807, 2.05) is 21.5 Å². The smallest absolute Gasteiger partial charge is 0.299 e. The minimum absolute atomic E-state index is 0.181. The van der Waals surface area contributed by atoms with Crippen LogP contribution in [0, 0.1) is 5.41 Å². The zero-order valence-corrected chi connectivity index (χ0v) is 11.0. The molecule has 1 heterocycles. The summed E-state index contributed by atoms with van der Waals surface area (Å²) in [7, 11) is 0. The van der Waals surface area contributed by atoms with E-state index in [1.165, 1.54) is 38.5 Å². The Morgan fingerprint density at radius 1 is 1.29 bits per heavy atom. The van der Waals surface area contributed by atoms with E-state index in [0.717, 1.165) is 12.3 Å². The van der Waals surface area contributed by atoms with Crippen LogP contribution >= 0.6 is 12.6 Å². The normalized spacial score (nSPS) is 23.1. The van der Waals surface area contributed by atoms with Gasteiger partial charge in [0.1, 0.15) is 0 Å². The fourth-order valence-corrected chi connectivity index (χ4v) is 3.45. The van der Waals surface area contributed by atoms with E-state index in [-0.39, 0.29) is 11.1 Å². The van der Waals surface area contributed by atoms with Crippen LogP contribution < -0.4 is 5.69 Å². The monoisotopic (exact) mass is 252 g/mol. The molecule has 0 amide bonds. The largest absolute Gasteiger partial charge is 0.328 e. The third-order valence-corrected chi connectivity index (χ3v) is 4.99. The molecule has 0 saturated heterocycles. The van der Waals surface area contributed by atoms with Crippen LogP contribution in [0.1, 0.15) is 44.6 Å². The third-order valence-electron chi connectivity index (χ3n) is 4.32. The molecule has 17 heavy (non-hydrogen) atoms. The highest BCUT2D eigenvalue weighted by Gasteiger charge is 2.34. The maximum atomic E-state index is 12.2. The van der Waals surface area contributed by atoms with Gasteiger partial charge in [0.25, 0.3) is 0 Å². The SMILES string of the molecule is O=c1n(CC2(CS)CCCC2)ccn1C1CC1. The predicted molar refractivity (Wildman–Crippen MR) is 71.7 cm³/mol. The van der Waals surface area contributed by atoms with Crippen LogP contribution in [0.2, 0.25) is 0 Å². The summed E-state index contributed by atoms with van der Waals surface area (Å²) in [6.07, 6.45) is 11.3. The summed E-state index contributed by atoms with van der Waals surface area (Å²) in [5.74, 6) is 0.897. The molecule has 1 aromatic heterocycles. The number of rotatable bonds is 4. The molecule has 0 aromatic carbocycles. The molecule has 94 valence electrons. The van der Waals surface area contributed by atoms with E-state index in [1.54, 1.807) is 0 Å². The Balaban J connectivity index is 1.82. The summed E-state index contributed by atoms with van der Waals surface area (Å²) in [6.45, 7) is 0.856. The van der Waals surface area contributed by atoms with E-state index in [2.05, 4.69) is 12.6 Å². The maximum Gasteiger partial charge on any atom is 0.328 e. The molecule has 0 aliphatic heterocycles. The molecule has 1 aromatic rings. The van der Waals surface area contributed by atoms with Gasteiger partial charge in [-0.1, -0.05) is 12.8 Å². The Bertz CT molecular complexity index is 452. The molecular formula is C13H20N2OS. The van der Waals surface area contributed by atoms with Gasteiger partial charge < -0.3 is 0 Å². The highest BCUT2D eigenvalue weighted by Crippen LogP contribution is 2.40. The summed E-state index contributed by atoms with van der Waals surface area (Å²) in [5.41, 5.74) is 0.448. The molecule has 3 nitrogen and oxygen atoms in total. The average Bonchev–Trinajstić information content (AvgIpc) is 2.97. The summed E-state index contributed by atoms with van der Waals surface area (Å²) in [6, 6.07) is 0.485. The fourth-order valence-electron chi connectivity index (χ4n) is 3.03. The number of hydrogen-bond donors (Lipinski definition) is 1. The van der Waals surface area contributed by atoms with Gasteiger partial charge in [-0.3, -0.25) is 9.13 Å². The lowest BCUT2D eigenvalue weighted by Gasteiger charge is -2.26. The first kappa shape index (κ1) is 11.5. The number of imidazole rings is 1. The summed E-state index contributed by atoms with van der Waals surface area (Å²) >= 11 is 4.50. The van der Waals surface area contributed by atoms with Crippen LogP contribution in [0.4, 0.5) is 0 Å². The van der Waals surface area contributed by atoms with E-state index < -0.39 is 0 Å². The van der Waals surface area contributed by atoms with Gasteiger partial charge in [-0.15, -0.1) is 0 Å². The van der Waals surface area contributed by atoms with Crippen molar-refractivity contribution in [1.29, 1.82) is 0 Å². The second kappa shape index (κ2) is 4.23. The van der Waals surface area contributed by atoms with Crippen molar-refractivity contribution in [3.05, 3.63) is 22.9 Å². The zero-order valence-electron chi connectivity index (χ0n) is 10.1. The van der Waals surface area contributed by atoms with E-state index >= 15 is 0 Å². The highest BCUT2D eigenvalue weighted by atomic mass is 32.1. The summed E-state index contributed by atoms with van der Waals surface area (Å²) in [4.78, 5) is 12.2. The van der Waals surface area contributed by atoms with Gasteiger partial charge in [0.15, 0.2) is 0 Å². The van der Waals surface area contributed by atoms with Crippen molar-refractivity contribution in [2.75, 3.05) is 5.75 Å². The van der Waals surface area contributed by atoms with E-state index in [0.29, 0.717) is 6.04 Å². The van der Waals surface area contributed by atoms with Gasteiger partial charge in [-0.2, -0.15) is 12.6 Å². The third kappa shape index (κ3) is 2.07. The second-order valence-corrected chi connectivity index (χ2v) is 6.03. The molecular weight excluding hydrogens is 232 g/mol. The Kier molecular flexibility index (Phi) is 2.85. The van der Waals surface area contributed by atoms with Crippen molar-refractivity contribution < 1.29 is 0 Å². The van der Waals surface area contributed by atoms with Crippen LogP contribution in [0.15, 0.2) is 17.2 Å². The van der Waals surface area contributed by atoms with Gasteiger partial charge in [0.05, 0.1) is 0 Å². The molecule has 2 fully saturated rings. The molecule has 4 heteroatoms. The van der Waals surface area contributed by atoms with Gasteiger partial charge in [0.2, 0.25) is 0 Å². The Hall–Kier alpha value is -0.640. The van der Waals surface area contributed by atoms with Gasteiger partial charge in [-0.25, -0.2) is 4.79 Å². The molecule has 0 N–H and O–H groups in total. The van der Waals surface area contributed by atoms with E-state index in [4.69, 9.17) is 0 Å². The Labute approximate surface area is 107 Å². The molecule has 0 atom stereocenters. The molecule has 0 spiro atoms. The van der Waals surface area contributed by atoms with Crippen molar-refractivity contribution in [3.63, 3.8) is 0 Å². The lowest BCUT2D eigenvalue weighted by molar-refractivity contribution is 0.285. The van der Waals surface area contributed by atoms with Crippen LogP contribution in [0.5, 0.6) is 0 Å². The molecule has 3 rings (SSSR count). The van der Waals surface area contributed by atoms with Crippen LogP contribution in [-0.2, 0) is 6.54 Å². The minimum atomic E-state index is 0.181. The topological polar surface area (TPSA) is 26.9 Å². The highest BCUT2D eigenvalue weighted by molar-refractivity contribution is 7.80. The Morgan fingerprint density at radius 2 is 2.00 bits per heavy atom. The van der Waals surface area contributed by atoms with Crippen molar-refractivity contribution in [2.24, 2.45) is 5.41 Å². The van der Waals surface area contributed by atoms with Gasteiger partial charge in [0, 0.05) is 25.0 Å². The molecule has 2 aliphatic rings. The molecule has 2 saturated carbocycles. The lowest BCUT2D eigenvalue weighted by Crippen LogP contribution is -2.32. The number of nitrogens with zero attached hydrogens (tertiary/aromatic N) is 2. The van der Waals surface area contributed by atoms with Crippen molar-refractivity contribution in [3.8, 4) is 0 Å². The summed E-state index contributed by atoms with van der Waals surface area (Å²) < 4.78 is 3.81. The molecule has 0 bridgehead atoms. The van der Waals surface area contributed by atoms with Gasteiger partial charge >= 0.3 is 5.69 Å². The van der Waals surface area contributed by atoms with Crippen molar-refractivity contribution in [1.82, 2.24) is 9.13 Å². The van der Waals surface area contributed by atoms with Crippen LogP contribution in [-0.4, -0.2) is 14.9 Å².